The standard InChI is InChI=1S/C26H27N3O6S/c1-4-16-27-26(31)21-12-8-9-13-22(21)28-25(30)18-29(36(32,33)20-10-6-5-7-11-20)23-15-14-19(34-2)17-24(23)35-3/h4-15,17H,1,16,18H2,2-3H3,(H,27,31)(H,28,30). The Bertz CT molecular complexity index is 1340. The summed E-state index contributed by atoms with van der Waals surface area (Å²) < 4.78 is 38.8. The van der Waals surface area contributed by atoms with Gasteiger partial charge in [-0.1, -0.05) is 36.4 Å². The first-order valence-electron chi connectivity index (χ1n) is 10.9. The van der Waals surface area contributed by atoms with Gasteiger partial charge >= 0.3 is 0 Å². The zero-order chi connectivity index (χ0) is 26.1. The lowest BCUT2D eigenvalue weighted by molar-refractivity contribution is -0.114. The van der Waals surface area contributed by atoms with Gasteiger partial charge < -0.3 is 20.1 Å². The Morgan fingerprint density at radius 1 is 0.972 bits per heavy atom. The number of para-hydroxylation sites is 1. The van der Waals surface area contributed by atoms with Crippen LogP contribution in [0.2, 0.25) is 0 Å². The number of ether oxygens (including phenoxy) is 2. The van der Waals surface area contributed by atoms with Crippen LogP contribution in [-0.4, -0.2) is 47.5 Å². The van der Waals surface area contributed by atoms with Crippen molar-refractivity contribution < 1.29 is 27.5 Å². The van der Waals surface area contributed by atoms with Crippen LogP contribution in [0.1, 0.15) is 10.4 Å². The van der Waals surface area contributed by atoms with Gasteiger partial charge in [-0.05, 0) is 36.4 Å². The second kappa shape index (κ2) is 11.9. The van der Waals surface area contributed by atoms with Gasteiger partial charge in [0.15, 0.2) is 0 Å². The maximum atomic E-state index is 13.6. The SMILES string of the molecule is C=CCNC(=O)c1ccccc1NC(=O)CN(c1ccc(OC)cc1OC)S(=O)(=O)c1ccccc1. The number of hydrogen-bond acceptors (Lipinski definition) is 6. The monoisotopic (exact) mass is 509 g/mol. The number of benzene rings is 3. The van der Waals surface area contributed by atoms with E-state index in [4.69, 9.17) is 9.47 Å². The lowest BCUT2D eigenvalue weighted by atomic mass is 10.1. The fraction of sp³-hybridized carbons (Fsp3) is 0.154. The molecule has 0 aromatic heterocycles. The molecule has 0 spiro atoms. The van der Waals surface area contributed by atoms with E-state index in [1.54, 1.807) is 48.5 Å². The zero-order valence-corrected chi connectivity index (χ0v) is 20.7. The Labute approximate surface area is 210 Å². The minimum Gasteiger partial charge on any atom is -0.497 e. The minimum atomic E-state index is -4.17. The van der Waals surface area contributed by atoms with E-state index in [0.717, 1.165) is 4.31 Å². The smallest absolute Gasteiger partial charge is 0.264 e. The molecule has 2 N–H and O–H groups in total. The molecule has 0 bridgehead atoms. The molecule has 0 radical (unpaired) electrons. The van der Waals surface area contributed by atoms with Crippen LogP contribution in [0.5, 0.6) is 11.5 Å². The first-order chi connectivity index (χ1) is 17.3. The van der Waals surface area contributed by atoms with Crippen LogP contribution >= 0.6 is 0 Å². The molecular formula is C26H27N3O6S. The highest BCUT2D eigenvalue weighted by Crippen LogP contribution is 2.35. The predicted octanol–water partition coefficient (Wildman–Crippen LogP) is 3.45. The van der Waals surface area contributed by atoms with Gasteiger partial charge in [-0.3, -0.25) is 13.9 Å². The van der Waals surface area contributed by atoms with Gasteiger partial charge in [-0.2, -0.15) is 0 Å². The van der Waals surface area contributed by atoms with E-state index >= 15 is 0 Å². The quantitative estimate of drug-likeness (QED) is 0.383. The second-order valence-corrected chi connectivity index (χ2v) is 9.32. The number of rotatable bonds is 11. The molecule has 3 rings (SSSR count). The molecule has 9 nitrogen and oxygen atoms in total. The van der Waals surface area contributed by atoms with Crippen LogP contribution in [0.15, 0.2) is 90.3 Å². The van der Waals surface area contributed by atoms with Gasteiger partial charge in [0, 0.05) is 12.6 Å². The summed E-state index contributed by atoms with van der Waals surface area (Å²) in [5.41, 5.74) is 0.615. The highest BCUT2D eigenvalue weighted by atomic mass is 32.2. The van der Waals surface area contributed by atoms with Crippen LogP contribution in [-0.2, 0) is 14.8 Å². The second-order valence-electron chi connectivity index (χ2n) is 7.45. The highest BCUT2D eigenvalue weighted by Gasteiger charge is 2.30. The van der Waals surface area contributed by atoms with Crippen molar-refractivity contribution in [2.45, 2.75) is 4.90 Å². The van der Waals surface area contributed by atoms with Gasteiger partial charge in [-0.15, -0.1) is 6.58 Å². The van der Waals surface area contributed by atoms with Crippen molar-refractivity contribution in [3.8, 4) is 11.5 Å². The third-order valence-electron chi connectivity index (χ3n) is 5.13. The molecule has 0 aliphatic carbocycles. The summed E-state index contributed by atoms with van der Waals surface area (Å²) in [5.74, 6) is -0.407. The molecule has 3 aromatic carbocycles. The van der Waals surface area contributed by atoms with E-state index in [-0.39, 0.29) is 34.1 Å². The van der Waals surface area contributed by atoms with Crippen molar-refractivity contribution in [1.29, 1.82) is 0 Å². The lowest BCUT2D eigenvalue weighted by Gasteiger charge is -2.26. The maximum Gasteiger partial charge on any atom is 0.264 e. The van der Waals surface area contributed by atoms with Crippen LogP contribution in [0.4, 0.5) is 11.4 Å². The van der Waals surface area contributed by atoms with Crippen molar-refractivity contribution in [3.05, 3.63) is 91.0 Å². The molecule has 0 saturated heterocycles. The number of nitrogens with zero attached hydrogens (tertiary/aromatic N) is 1. The largest absolute Gasteiger partial charge is 0.497 e. The molecule has 0 aliphatic rings. The van der Waals surface area contributed by atoms with Crippen molar-refractivity contribution >= 4 is 33.2 Å². The molecule has 10 heteroatoms. The highest BCUT2D eigenvalue weighted by molar-refractivity contribution is 7.92. The van der Waals surface area contributed by atoms with Crippen molar-refractivity contribution in [1.82, 2.24) is 5.32 Å². The van der Waals surface area contributed by atoms with Crippen LogP contribution < -0.4 is 24.4 Å². The summed E-state index contributed by atoms with van der Waals surface area (Å²) >= 11 is 0. The molecule has 0 aliphatic heterocycles. The molecule has 3 aromatic rings. The Morgan fingerprint density at radius 2 is 1.67 bits per heavy atom. The molecular weight excluding hydrogens is 482 g/mol. The van der Waals surface area contributed by atoms with Crippen LogP contribution in [0.25, 0.3) is 0 Å². The average Bonchev–Trinajstić information content (AvgIpc) is 2.90. The molecule has 0 unspecified atom stereocenters. The molecule has 36 heavy (non-hydrogen) atoms. The number of methoxy groups -OCH3 is 2. The van der Waals surface area contributed by atoms with Gasteiger partial charge in [-0.25, -0.2) is 8.42 Å². The van der Waals surface area contributed by atoms with E-state index in [9.17, 15) is 18.0 Å². The van der Waals surface area contributed by atoms with Crippen molar-refractivity contribution in [2.24, 2.45) is 0 Å². The van der Waals surface area contributed by atoms with Gasteiger partial charge in [0.05, 0.1) is 36.1 Å². The molecule has 0 atom stereocenters. The summed E-state index contributed by atoms with van der Waals surface area (Å²) in [6.45, 7) is 3.24. The van der Waals surface area contributed by atoms with E-state index < -0.39 is 28.4 Å². The van der Waals surface area contributed by atoms with Crippen molar-refractivity contribution in [3.63, 3.8) is 0 Å². The number of nitrogens with one attached hydrogen (secondary N) is 2. The van der Waals surface area contributed by atoms with Gasteiger partial charge in [0.25, 0.3) is 15.9 Å². The Balaban J connectivity index is 1.99. The average molecular weight is 510 g/mol. The Morgan fingerprint density at radius 3 is 2.33 bits per heavy atom. The first-order valence-corrected chi connectivity index (χ1v) is 12.3. The van der Waals surface area contributed by atoms with E-state index in [2.05, 4.69) is 17.2 Å². The molecule has 0 fully saturated rings. The Kier molecular flexibility index (Phi) is 8.69. The van der Waals surface area contributed by atoms with Crippen molar-refractivity contribution in [2.75, 3.05) is 36.9 Å². The van der Waals surface area contributed by atoms with Crippen LogP contribution in [0, 0.1) is 0 Å². The number of carbonyl (C=O) groups excluding carboxylic acids is 2. The number of anilines is 2. The summed E-state index contributed by atoms with van der Waals surface area (Å²) in [6.07, 6.45) is 1.54. The summed E-state index contributed by atoms with van der Waals surface area (Å²) in [6, 6.07) is 18.8. The number of sulfonamides is 1. The molecule has 188 valence electrons. The number of hydrogen-bond donors (Lipinski definition) is 2. The maximum absolute atomic E-state index is 13.6. The number of amides is 2. The fourth-order valence-corrected chi connectivity index (χ4v) is 4.83. The van der Waals surface area contributed by atoms with E-state index in [1.165, 1.54) is 44.6 Å². The Hall–Kier alpha value is -4.31. The molecule has 2 amide bonds. The van der Waals surface area contributed by atoms with Gasteiger partial charge in [0.2, 0.25) is 5.91 Å². The summed E-state index contributed by atoms with van der Waals surface area (Å²) in [4.78, 5) is 25.6. The minimum absolute atomic E-state index is 0.000117. The molecule has 0 heterocycles. The van der Waals surface area contributed by atoms with E-state index in [1.807, 2.05) is 0 Å². The number of carbonyl (C=O) groups is 2. The van der Waals surface area contributed by atoms with Crippen LogP contribution in [0.3, 0.4) is 0 Å². The normalized spacial score (nSPS) is 10.7. The molecule has 0 saturated carbocycles. The predicted molar refractivity (Wildman–Crippen MR) is 138 cm³/mol. The third-order valence-corrected chi connectivity index (χ3v) is 6.90. The topological polar surface area (TPSA) is 114 Å². The fourth-order valence-electron chi connectivity index (χ4n) is 3.38. The zero-order valence-electron chi connectivity index (χ0n) is 19.9. The van der Waals surface area contributed by atoms with E-state index in [0.29, 0.717) is 5.75 Å². The third kappa shape index (κ3) is 6.02. The summed E-state index contributed by atoms with van der Waals surface area (Å²) in [5, 5.41) is 5.31. The lowest BCUT2D eigenvalue weighted by Crippen LogP contribution is -2.38. The first kappa shape index (κ1) is 26.3. The van der Waals surface area contributed by atoms with Gasteiger partial charge in [0.1, 0.15) is 18.0 Å². The summed E-state index contributed by atoms with van der Waals surface area (Å²) in [7, 11) is -1.30.